The first-order chi connectivity index (χ1) is 5.08. The fourth-order valence-electron chi connectivity index (χ4n) is 1.78. The van der Waals surface area contributed by atoms with E-state index in [0.29, 0.717) is 5.41 Å². The molecule has 0 heterocycles. The molecule has 0 N–H and O–H groups in total. The lowest BCUT2D eigenvalue weighted by molar-refractivity contribution is 0.468. The summed E-state index contributed by atoms with van der Waals surface area (Å²) in [6, 6.07) is 0. The SMILES string of the molecule is CC1=CC2=C1CC(C)(C)C=C2. The maximum Gasteiger partial charge on any atom is -0.0131 e. The van der Waals surface area contributed by atoms with Crippen LogP contribution in [-0.4, -0.2) is 0 Å². The van der Waals surface area contributed by atoms with Gasteiger partial charge in [-0.25, -0.2) is 0 Å². The van der Waals surface area contributed by atoms with Gasteiger partial charge in [-0.2, -0.15) is 0 Å². The van der Waals surface area contributed by atoms with E-state index in [1.165, 1.54) is 17.6 Å². The molecule has 2 aliphatic carbocycles. The molecule has 0 aromatic carbocycles. The molecule has 0 heteroatoms. The predicted octanol–water partition coefficient (Wildman–Crippen LogP) is 3.23. The van der Waals surface area contributed by atoms with Gasteiger partial charge in [0.2, 0.25) is 0 Å². The van der Waals surface area contributed by atoms with Crippen molar-refractivity contribution in [2.75, 3.05) is 0 Å². The van der Waals surface area contributed by atoms with E-state index in [1.54, 1.807) is 5.57 Å². The van der Waals surface area contributed by atoms with Crippen LogP contribution in [0.4, 0.5) is 0 Å². The van der Waals surface area contributed by atoms with Gasteiger partial charge in [0.25, 0.3) is 0 Å². The summed E-state index contributed by atoms with van der Waals surface area (Å²) in [5.41, 5.74) is 4.91. The molecule has 0 aromatic rings. The van der Waals surface area contributed by atoms with E-state index in [-0.39, 0.29) is 0 Å². The quantitative estimate of drug-likeness (QED) is 0.492. The van der Waals surface area contributed by atoms with Gasteiger partial charge in [-0.05, 0) is 35.5 Å². The molecule has 0 saturated carbocycles. The topological polar surface area (TPSA) is 0 Å². The summed E-state index contributed by atoms with van der Waals surface area (Å²) >= 11 is 0. The van der Waals surface area contributed by atoms with E-state index in [9.17, 15) is 0 Å². The van der Waals surface area contributed by atoms with Crippen LogP contribution in [0.15, 0.2) is 34.9 Å². The molecule has 0 atom stereocenters. The lowest BCUT2D eigenvalue weighted by Gasteiger charge is -2.32. The summed E-state index contributed by atoms with van der Waals surface area (Å²) in [4.78, 5) is 0. The molecule has 2 aliphatic rings. The Labute approximate surface area is 68.3 Å². The average molecular weight is 146 g/mol. The minimum atomic E-state index is 0.383. The molecule has 0 fully saturated rings. The van der Waals surface area contributed by atoms with Gasteiger partial charge in [-0.1, -0.05) is 32.1 Å². The summed E-state index contributed by atoms with van der Waals surface area (Å²) in [5.74, 6) is 0. The van der Waals surface area contributed by atoms with Crippen molar-refractivity contribution in [3.63, 3.8) is 0 Å². The van der Waals surface area contributed by atoms with Crippen LogP contribution in [0.3, 0.4) is 0 Å². The zero-order chi connectivity index (χ0) is 8.06. The van der Waals surface area contributed by atoms with E-state index >= 15 is 0 Å². The average Bonchev–Trinajstić information content (AvgIpc) is 1.92. The van der Waals surface area contributed by atoms with Crippen molar-refractivity contribution in [3.8, 4) is 0 Å². The Morgan fingerprint density at radius 1 is 1.36 bits per heavy atom. The Morgan fingerprint density at radius 2 is 2.09 bits per heavy atom. The van der Waals surface area contributed by atoms with Gasteiger partial charge in [-0.3, -0.25) is 0 Å². The zero-order valence-electron chi connectivity index (χ0n) is 7.44. The Balaban J connectivity index is 2.27. The molecule has 0 bridgehead atoms. The molecular formula is C11H14. The second-order valence-corrected chi connectivity index (χ2v) is 4.26. The summed E-state index contributed by atoms with van der Waals surface area (Å²) in [7, 11) is 0. The van der Waals surface area contributed by atoms with Crippen molar-refractivity contribution < 1.29 is 0 Å². The standard InChI is InChI=1S/C11H14/c1-8-6-9-4-5-11(2,3)7-10(8)9/h4-6H,7H2,1-3H3. The molecule has 0 amide bonds. The van der Waals surface area contributed by atoms with Crippen LogP contribution in [0.5, 0.6) is 0 Å². The first-order valence-electron chi connectivity index (χ1n) is 4.20. The molecule has 0 nitrogen and oxygen atoms in total. The molecule has 0 radical (unpaired) electrons. The summed E-state index contributed by atoms with van der Waals surface area (Å²) < 4.78 is 0. The number of allylic oxidation sites excluding steroid dienone is 6. The largest absolute Gasteiger partial charge is 0.0779 e. The summed E-state index contributed by atoms with van der Waals surface area (Å²) in [5, 5.41) is 0. The molecule has 58 valence electrons. The highest BCUT2D eigenvalue weighted by Gasteiger charge is 2.26. The second-order valence-electron chi connectivity index (χ2n) is 4.26. The highest BCUT2D eigenvalue weighted by molar-refractivity contribution is 5.58. The summed E-state index contributed by atoms with van der Waals surface area (Å²) in [6.45, 7) is 6.78. The lowest BCUT2D eigenvalue weighted by atomic mass is 9.73. The van der Waals surface area contributed by atoms with Crippen LogP contribution in [0.2, 0.25) is 0 Å². The van der Waals surface area contributed by atoms with Gasteiger partial charge in [0, 0.05) is 0 Å². The van der Waals surface area contributed by atoms with Gasteiger partial charge in [-0.15, -0.1) is 0 Å². The molecule has 0 saturated heterocycles. The van der Waals surface area contributed by atoms with E-state index in [1.807, 2.05) is 0 Å². The van der Waals surface area contributed by atoms with Crippen molar-refractivity contribution in [2.24, 2.45) is 5.41 Å². The third-order valence-electron chi connectivity index (χ3n) is 2.54. The van der Waals surface area contributed by atoms with Gasteiger partial charge in [0.15, 0.2) is 0 Å². The van der Waals surface area contributed by atoms with Crippen molar-refractivity contribution in [2.45, 2.75) is 27.2 Å². The number of hydrogen-bond acceptors (Lipinski definition) is 0. The second kappa shape index (κ2) is 1.88. The Bertz CT molecular complexity index is 285. The van der Waals surface area contributed by atoms with Crippen LogP contribution in [0.25, 0.3) is 0 Å². The minimum Gasteiger partial charge on any atom is -0.0779 e. The minimum absolute atomic E-state index is 0.383. The first kappa shape index (κ1) is 6.90. The van der Waals surface area contributed by atoms with E-state index in [4.69, 9.17) is 0 Å². The molecule has 0 spiro atoms. The van der Waals surface area contributed by atoms with Crippen molar-refractivity contribution in [3.05, 3.63) is 34.9 Å². The molecule has 0 aromatic heterocycles. The van der Waals surface area contributed by atoms with Crippen LogP contribution >= 0.6 is 0 Å². The van der Waals surface area contributed by atoms with Crippen molar-refractivity contribution >= 4 is 0 Å². The van der Waals surface area contributed by atoms with Crippen LogP contribution in [0.1, 0.15) is 27.2 Å². The van der Waals surface area contributed by atoms with Crippen molar-refractivity contribution in [1.29, 1.82) is 0 Å². The highest BCUT2D eigenvalue weighted by Crippen LogP contribution is 2.42. The van der Waals surface area contributed by atoms with E-state index in [2.05, 4.69) is 39.0 Å². The molecule has 2 rings (SSSR count). The van der Waals surface area contributed by atoms with E-state index < -0.39 is 0 Å². The van der Waals surface area contributed by atoms with Gasteiger partial charge in [0.05, 0.1) is 0 Å². The number of hydrogen-bond donors (Lipinski definition) is 0. The lowest BCUT2D eigenvalue weighted by Crippen LogP contribution is -2.17. The highest BCUT2D eigenvalue weighted by atomic mass is 14.3. The van der Waals surface area contributed by atoms with Crippen LogP contribution in [-0.2, 0) is 0 Å². The normalized spacial score (nSPS) is 25.9. The van der Waals surface area contributed by atoms with Crippen LogP contribution < -0.4 is 0 Å². The van der Waals surface area contributed by atoms with Gasteiger partial charge in [0.1, 0.15) is 0 Å². The molecule has 0 unspecified atom stereocenters. The molecule has 11 heavy (non-hydrogen) atoms. The zero-order valence-corrected chi connectivity index (χ0v) is 7.44. The smallest absolute Gasteiger partial charge is 0.0131 e. The molecule has 0 aliphatic heterocycles. The third kappa shape index (κ3) is 0.973. The Morgan fingerprint density at radius 3 is 2.64 bits per heavy atom. The third-order valence-corrected chi connectivity index (χ3v) is 2.54. The monoisotopic (exact) mass is 146 g/mol. The van der Waals surface area contributed by atoms with Gasteiger partial charge >= 0.3 is 0 Å². The first-order valence-corrected chi connectivity index (χ1v) is 4.20. The van der Waals surface area contributed by atoms with E-state index in [0.717, 1.165) is 0 Å². The molecular weight excluding hydrogens is 132 g/mol. The van der Waals surface area contributed by atoms with Crippen LogP contribution in [0, 0.1) is 5.41 Å². The Hall–Kier alpha value is -0.780. The van der Waals surface area contributed by atoms with Gasteiger partial charge < -0.3 is 0 Å². The maximum atomic E-state index is 2.31. The fourth-order valence-corrected chi connectivity index (χ4v) is 1.78. The fraction of sp³-hybridized carbons (Fsp3) is 0.455. The van der Waals surface area contributed by atoms with Crippen molar-refractivity contribution in [1.82, 2.24) is 0 Å². The number of rotatable bonds is 0. The predicted molar refractivity (Wildman–Crippen MR) is 48.3 cm³/mol. The maximum absolute atomic E-state index is 2.31. The Kier molecular flexibility index (Phi) is 1.18. The summed E-state index contributed by atoms with van der Waals surface area (Å²) in [6.07, 6.45) is 8.06.